The molecule has 7 heteroatoms. The van der Waals surface area contributed by atoms with Crippen LogP contribution in [0.3, 0.4) is 0 Å². The van der Waals surface area contributed by atoms with Crippen molar-refractivity contribution in [1.82, 2.24) is 0 Å². The first-order valence-corrected chi connectivity index (χ1v) is 6.49. The Hall–Kier alpha value is -2.36. The van der Waals surface area contributed by atoms with Crippen molar-refractivity contribution in [3.63, 3.8) is 0 Å². The Balaban J connectivity index is 1.95. The second kappa shape index (κ2) is 4.83. The number of hydrogen-bond acceptors (Lipinski definition) is 3. The average Bonchev–Trinajstić information content (AvgIpc) is 2.46. The maximum absolute atomic E-state index is 13.3. The lowest BCUT2D eigenvalue weighted by molar-refractivity contribution is -0.0914. The van der Waals surface area contributed by atoms with E-state index < -0.39 is 23.5 Å². The minimum atomic E-state index is -3.32. The van der Waals surface area contributed by atoms with E-state index >= 15 is 0 Å². The van der Waals surface area contributed by atoms with Crippen molar-refractivity contribution in [2.45, 2.75) is 12.0 Å². The summed E-state index contributed by atoms with van der Waals surface area (Å²) in [5, 5.41) is 9.59. The van der Waals surface area contributed by atoms with Crippen molar-refractivity contribution in [1.29, 1.82) is 0 Å². The number of ether oxygens (including phenoxy) is 1. The van der Waals surface area contributed by atoms with Gasteiger partial charge in [-0.15, -0.1) is 0 Å². The van der Waals surface area contributed by atoms with Crippen LogP contribution in [0.15, 0.2) is 52.6 Å². The predicted molar refractivity (Wildman–Crippen MR) is 73.7 cm³/mol. The average molecular weight is 324 g/mol. The normalized spacial score (nSPS) is 21.1. The third kappa shape index (κ3) is 2.25. The minimum Gasteiger partial charge on any atom is -0.448 e. The van der Waals surface area contributed by atoms with Crippen molar-refractivity contribution in [2.75, 3.05) is 0 Å². The summed E-state index contributed by atoms with van der Waals surface area (Å²) in [7, 11) is 0. The first-order valence-electron chi connectivity index (χ1n) is 6.11. The molecule has 0 heterocycles. The molecule has 0 aromatic heterocycles. The maximum Gasteiger partial charge on any atom is 0.310 e. The zero-order valence-electron chi connectivity index (χ0n) is 10.9. The number of carbonyl (C=O) groups is 1. The van der Waals surface area contributed by atoms with Gasteiger partial charge in [0, 0.05) is 16.2 Å². The van der Waals surface area contributed by atoms with Crippen molar-refractivity contribution >= 4 is 17.5 Å². The Bertz CT molecular complexity index is 831. The van der Waals surface area contributed by atoms with Gasteiger partial charge in [-0.1, -0.05) is 17.3 Å². The molecule has 1 saturated carbocycles. The third-order valence-corrected chi connectivity index (χ3v) is 3.46. The Kier molecular flexibility index (Phi) is 3.20. The number of fused-ring (bicyclic) bond motifs is 1. The van der Waals surface area contributed by atoms with Gasteiger partial charge in [-0.3, -0.25) is 4.79 Å². The molecule has 0 saturated heterocycles. The van der Waals surface area contributed by atoms with Crippen LogP contribution in [0.5, 0.6) is 5.75 Å². The predicted octanol–water partition coefficient (Wildman–Crippen LogP) is 2.33. The molecule has 2 aliphatic rings. The van der Waals surface area contributed by atoms with Crippen LogP contribution in [0, 0.1) is 0 Å². The molecule has 0 aliphatic heterocycles. The molecule has 1 aromatic rings. The number of halogens is 3. The Morgan fingerprint density at radius 1 is 1.36 bits per heavy atom. The summed E-state index contributed by atoms with van der Waals surface area (Å²) in [6, 6.07) is 4.15. The highest BCUT2D eigenvalue weighted by Crippen LogP contribution is 2.48. The van der Waals surface area contributed by atoms with Gasteiger partial charge in [-0.25, -0.2) is 0 Å². The topological polar surface area (TPSA) is 72.6 Å². The SMILES string of the molecule is NC(=O)c1cc(Cl)cc(OC2=C=C=C3C(=C2)C(O)C3(F)F)c1. The van der Waals surface area contributed by atoms with E-state index in [0.29, 0.717) is 0 Å². The number of benzene rings is 1. The summed E-state index contributed by atoms with van der Waals surface area (Å²) in [6.45, 7) is 0. The van der Waals surface area contributed by atoms with Gasteiger partial charge >= 0.3 is 5.92 Å². The summed E-state index contributed by atoms with van der Waals surface area (Å²) >= 11 is 5.84. The van der Waals surface area contributed by atoms with Crippen molar-refractivity contribution < 1.29 is 23.4 Å². The number of rotatable bonds is 3. The highest BCUT2D eigenvalue weighted by atomic mass is 35.5. The monoisotopic (exact) mass is 323 g/mol. The van der Waals surface area contributed by atoms with E-state index in [1.807, 2.05) is 0 Å². The zero-order chi connectivity index (χ0) is 16.1. The molecule has 0 spiro atoms. The highest BCUT2D eigenvalue weighted by molar-refractivity contribution is 6.31. The standard InChI is InChI=1S/C15H8ClF2NO3/c16-8-3-7(14(19)21)4-10(5-8)22-9-1-2-12-11(6-9)13(20)15(12,17)18/h3-6,13,20H,(H2,19,21). The second-order valence-electron chi connectivity index (χ2n) is 4.76. The third-order valence-electron chi connectivity index (χ3n) is 3.24. The Morgan fingerprint density at radius 3 is 2.77 bits per heavy atom. The summed E-state index contributed by atoms with van der Waals surface area (Å²) < 4.78 is 31.9. The van der Waals surface area contributed by atoms with Crippen LogP contribution < -0.4 is 10.5 Å². The van der Waals surface area contributed by atoms with Crippen molar-refractivity contribution in [3.8, 4) is 5.75 Å². The van der Waals surface area contributed by atoms with Crippen molar-refractivity contribution in [2.24, 2.45) is 5.73 Å². The first-order chi connectivity index (χ1) is 10.3. The van der Waals surface area contributed by atoms with Crippen LogP contribution in [0.25, 0.3) is 0 Å². The summed E-state index contributed by atoms with van der Waals surface area (Å²) in [5.74, 6) is -3.76. The van der Waals surface area contributed by atoms with Gasteiger partial charge in [-0.2, -0.15) is 8.78 Å². The van der Waals surface area contributed by atoms with Crippen molar-refractivity contribution in [3.05, 3.63) is 63.2 Å². The van der Waals surface area contributed by atoms with Gasteiger partial charge in [0.1, 0.15) is 11.9 Å². The molecule has 1 unspecified atom stereocenters. The number of primary amides is 1. The fourth-order valence-corrected chi connectivity index (χ4v) is 2.36. The number of carbonyl (C=O) groups excluding carboxylic acids is 1. The van der Waals surface area contributed by atoms with Crippen LogP contribution >= 0.6 is 11.6 Å². The van der Waals surface area contributed by atoms with E-state index in [4.69, 9.17) is 22.1 Å². The molecule has 3 rings (SSSR count). The lowest BCUT2D eigenvalue weighted by atomic mass is 9.77. The summed E-state index contributed by atoms with van der Waals surface area (Å²) in [5.41, 5.74) is 9.61. The zero-order valence-corrected chi connectivity index (χ0v) is 11.6. The van der Waals surface area contributed by atoms with Gasteiger partial charge in [0.25, 0.3) is 0 Å². The van der Waals surface area contributed by atoms with Crippen LogP contribution in [0.2, 0.25) is 5.02 Å². The van der Waals surface area contributed by atoms with E-state index in [0.717, 1.165) is 0 Å². The van der Waals surface area contributed by atoms with Gasteiger partial charge in [-0.05, 0) is 30.0 Å². The van der Waals surface area contributed by atoms with E-state index in [1.54, 1.807) is 0 Å². The maximum atomic E-state index is 13.3. The lowest BCUT2D eigenvalue weighted by Gasteiger charge is -2.37. The molecule has 1 aromatic carbocycles. The molecule has 1 amide bonds. The lowest BCUT2D eigenvalue weighted by Crippen LogP contribution is -2.49. The van der Waals surface area contributed by atoms with Gasteiger partial charge in [0.15, 0.2) is 5.76 Å². The quantitative estimate of drug-likeness (QED) is 0.839. The van der Waals surface area contributed by atoms with E-state index in [9.17, 15) is 18.7 Å². The van der Waals surface area contributed by atoms with Crippen LogP contribution in [-0.2, 0) is 0 Å². The second-order valence-corrected chi connectivity index (χ2v) is 5.19. The molecule has 112 valence electrons. The molecule has 0 bridgehead atoms. The molecule has 0 radical (unpaired) electrons. The summed E-state index contributed by atoms with van der Waals surface area (Å²) in [4.78, 5) is 11.2. The molecule has 4 nitrogen and oxygen atoms in total. The van der Waals surface area contributed by atoms with Gasteiger partial charge in [0.05, 0.1) is 5.57 Å². The molecule has 1 fully saturated rings. The van der Waals surface area contributed by atoms with E-state index in [2.05, 4.69) is 11.5 Å². The number of amides is 1. The molecular weight excluding hydrogens is 316 g/mol. The Labute approximate surface area is 128 Å². The first kappa shape index (κ1) is 14.6. The van der Waals surface area contributed by atoms with Crippen LogP contribution in [0.4, 0.5) is 8.78 Å². The number of aliphatic hydroxyl groups is 1. The smallest absolute Gasteiger partial charge is 0.310 e. The highest BCUT2D eigenvalue weighted by Gasteiger charge is 2.57. The van der Waals surface area contributed by atoms with Gasteiger partial charge in [0.2, 0.25) is 5.91 Å². The number of alkyl halides is 2. The largest absolute Gasteiger partial charge is 0.448 e. The van der Waals surface area contributed by atoms with Crippen LogP contribution in [-0.4, -0.2) is 23.0 Å². The number of nitrogens with two attached hydrogens (primary N) is 1. The fraction of sp³-hybridized carbons (Fsp3) is 0.133. The number of aliphatic hydroxyl groups excluding tert-OH is 1. The molecule has 1 atom stereocenters. The Morgan fingerprint density at radius 2 is 2.09 bits per heavy atom. The molecule has 22 heavy (non-hydrogen) atoms. The van der Waals surface area contributed by atoms with Gasteiger partial charge < -0.3 is 15.6 Å². The molecular formula is C15H8ClF2NO3. The number of allylic oxidation sites excluding steroid dienone is 1. The number of hydrogen-bond donors (Lipinski definition) is 2. The minimum absolute atomic E-state index is 0.0240. The van der Waals surface area contributed by atoms with E-state index in [1.165, 1.54) is 24.3 Å². The summed E-state index contributed by atoms with van der Waals surface area (Å²) in [6.07, 6.45) is -0.657. The molecule has 2 aliphatic carbocycles. The fourth-order valence-electron chi connectivity index (χ4n) is 2.14. The van der Waals surface area contributed by atoms with E-state index in [-0.39, 0.29) is 27.7 Å². The molecule has 3 N–H and O–H groups in total. The van der Waals surface area contributed by atoms with Crippen LogP contribution in [0.1, 0.15) is 10.4 Å².